The molecule has 5 nitrogen and oxygen atoms in total. The Balaban J connectivity index is 2.34. The van der Waals surface area contributed by atoms with Gasteiger partial charge in [-0.2, -0.15) is 5.10 Å². The number of nitrogens with zero attached hydrogens (tertiary/aromatic N) is 4. The maximum atomic E-state index is 5.97. The second kappa shape index (κ2) is 5.07. The van der Waals surface area contributed by atoms with Crippen molar-refractivity contribution in [2.75, 3.05) is 20.6 Å². The number of aryl methyl sites for hydroxylation is 1. The first kappa shape index (κ1) is 11.1. The largest absolute Gasteiger partial charge is 0.327 e. The minimum absolute atomic E-state index is 0.167. The number of nitrogens with two attached hydrogens (primary N) is 1. The van der Waals surface area contributed by atoms with E-state index in [0.29, 0.717) is 0 Å². The molecule has 0 aliphatic carbocycles. The summed E-state index contributed by atoms with van der Waals surface area (Å²) in [7, 11) is 5.99. The monoisotopic (exact) mass is 197 g/mol. The van der Waals surface area contributed by atoms with Crippen LogP contribution in [0.2, 0.25) is 0 Å². The molecule has 1 rings (SSSR count). The Kier molecular flexibility index (Phi) is 4.03. The molecule has 0 fully saturated rings. The lowest BCUT2D eigenvalue weighted by Gasteiger charge is -2.14. The number of rotatable bonds is 5. The summed E-state index contributed by atoms with van der Waals surface area (Å²) < 4.78 is 1.77. The van der Waals surface area contributed by atoms with Crippen LogP contribution >= 0.6 is 0 Å². The van der Waals surface area contributed by atoms with E-state index in [1.54, 1.807) is 11.0 Å². The fourth-order valence-corrected chi connectivity index (χ4v) is 1.27. The van der Waals surface area contributed by atoms with E-state index in [9.17, 15) is 0 Å². The molecule has 0 saturated carbocycles. The third kappa shape index (κ3) is 3.43. The van der Waals surface area contributed by atoms with Gasteiger partial charge in [-0.05, 0) is 27.1 Å². The molecule has 0 radical (unpaired) electrons. The molecule has 0 saturated heterocycles. The van der Waals surface area contributed by atoms with Crippen molar-refractivity contribution in [3.8, 4) is 0 Å². The van der Waals surface area contributed by atoms with Gasteiger partial charge in [-0.15, -0.1) is 0 Å². The van der Waals surface area contributed by atoms with E-state index in [1.807, 2.05) is 7.05 Å². The Morgan fingerprint density at radius 1 is 1.57 bits per heavy atom. The summed E-state index contributed by atoms with van der Waals surface area (Å²) in [5.74, 6) is 0.955. The summed E-state index contributed by atoms with van der Waals surface area (Å²) in [4.78, 5) is 6.28. The molecule has 0 spiro atoms. The number of hydrogen-bond acceptors (Lipinski definition) is 4. The molecule has 0 aliphatic heterocycles. The highest BCUT2D eigenvalue weighted by molar-refractivity contribution is 4.87. The SMILES string of the molecule is CN(C)CCC(N)Cc1ncnn1C. The third-order valence-corrected chi connectivity index (χ3v) is 2.20. The Hall–Kier alpha value is -0.940. The quantitative estimate of drug-likeness (QED) is 0.700. The van der Waals surface area contributed by atoms with Crippen molar-refractivity contribution in [2.45, 2.75) is 18.9 Å². The smallest absolute Gasteiger partial charge is 0.138 e. The average molecular weight is 197 g/mol. The van der Waals surface area contributed by atoms with Crippen LogP contribution in [0.25, 0.3) is 0 Å². The van der Waals surface area contributed by atoms with Gasteiger partial charge in [-0.1, -0.05) is 0 Å². The summed E-state index contributed by atoms with van der Waals surface area (Å²) in [5.41, 5.74) is 5.97. The molecule has 0 aliphatic rings. The second-order valence-electron chi connectivity index (χ2n) is 3.86. The van der Waals surface area contributed by atoms with Crippen LogP contribution in [0.4, 0.5) is 0 Å². The summed E-state index contributed by atoms with van der Waals surface area (Å²) >= 11 is 0. The highest BCUT2D eigenvalue weighted by atomic mass is 15.3. The normalized spacial score (nSPS) is 13.5. The molecule has 5 heteroatoms. The van der Waals surface area contributed by atoms with Gasteiger partial charge in [0.15, 0.2) is 0 Å². The van der Waals surface area contributed by atoms with Gasteiger partial charge in [-0.25, -0.2) is 4.98 Å². The van der Waals surface area contributed by atoms with Crippen molar-refractivity contribution in [3.05, 3.63) is 12.2 Å². The maximum absolute atomic E-state index is 5.97. The number of hydrogen-bond donors (Lipinski definition) is 1. The van der Waals surface area contributed by atoms with E-state index in [0.717, 1.165) is 25.2 Å². The van der Waals surface area contributed by atoms with E-state index >= 15 is 0 Å². The van der Waals surface area contributed by atoms with Gasteiger partial charge >= 0.3 is 0 Å². The minimum atomic E-state index is 0.167. The zero-order chi connectivity index (χ0) is 10.6. The van der Waals surface area contributed by atoms with Gasteiger partial charge < -0.3 is 10.6 Å². The summed E-state index contributed by atoms with van der Waals surface area (Å²) in [6.45, 7) is 1.01. The molecule has 0 amide bonds. The Labute approximate surface area is 84.9 Å². The van der Waals surface area contributed by atoms with Gasteiger partial charge in [0, 0.05) is 19.5 Å². The molecule has 14 heavy (non-hydrogen) atoms. The van der Waals surface area contributed by atoms with Crippen molar-refractivity contribution in [1.82, 2.24) is 19.7 Å². The van der Waals surface area contributed by atoms with Crippen LogP contribution < -0.4 is 5.73 Å². The molecular formula is C9H19N5. The lowest BCUT2D eigenvalue weighted by molar-refractivity contribution is 0.377. The molecule has 1 unspecified atom stereocenters. The first-order valence-corrected chi connectivity index (χ1v) is 4.82. The minimum Gasteiger partial charge on any atom is -0.327 e. The molecule has 1 heterocycles. The van der Waals surface area contributed by atoms with Crippen LogP contribution in [0.5, 0.6) is 0 Å². The molecule has 1 atom stereocenters. The zero-order valence-corrected chi connectivity index (χ0v) is 9.14. The van der Waals surface area contributed by atoms with Gasteiger partial charge in [0.05, 0.1) is 0 Å². The molecular weight excluding hydrogens is 178 g/mol. The lowest BCUT2D eigenvalue weighted by atomic mass is 10.1. The van der Waals surface area contributed by atoms with Crippen molar-refractivity contribution < 1.29 is 0 Å². The zero-order valence-electron chi connectivity index (χ0n) is 9.14. The number of aromatic nitrogens is 3. The van der Waals surface area contributed by atoms with Crippen LogP contribution in [0.15, 0.2) is 6.33 Å². The van der Waals surface area contributed by atoms with Crippen LogP contribution in [0.3, 0.4) is 0 Å². The van der Waals surface area contributed by atoms with E-state index in [2.05, 4.69) is 29.1 Å². The summed E-state index contributed by atoms with van der Waals surface area (Å²) in [6, 6.07) is 0.167. The fraction of sp³-hybridized carbons (Fsp3) is 0.778. The molecule has 80 valence electrons. The molecule has 1 aromatic rings. The van der Waals surface area contributed by atoms with Crippen molar-refractivity contribution in [3.63, 3.8) is 0 Å². The van der Waals surface area contributed by atoms with Gasteiger partial charge in [-0.3, -0.25) is 4.68 Å². The predicted octanol–water partition coefficient (Wildman–Crippen LogP) is -0.363. The van der Waals surface area contributed by atoms with E-state index in [4.69, 9.17) is 5.73 Å². The molecule has 0 bridgehead atoms. The Morgan fingerprint density at radius 3 is 2.79 bits per heavy atom. The Bertz CT molecular complexity index is 268. The predicted molar refractivity (Wildman–Crippen MR) is 55.9 cm³/mol. The second-order valence-corrected chi connectivity index (χ2v) is 3.86. The Morgan fingerprint density at radius 2 is 2.29 bits per heavy atom. The van der Waals surface area contributed by atoms with Crippen molar-refractivity contribution >= 4 is 0 Å². The van der Waals surface area contributed by atoms with Gasteiger partial charge in [0.25, 0.3) is 0 Å². The van der Waals surface area contributed by atoms with Crippen molar-refractivity contribution in [1.29, 1.82) is 0 Å². The molecule has 1 aromatic heterocycles. The summed E-state index contributed by atoms with van der Waals surface area (Å²) in [5, 5.41) is 4.00. The van der Waals surface area contributed by atoms with Crippen LogP contribution in [0, 0.1) is 0 Å². The standard InChI is InChI=1S/C9H19N5/c1-13(2)5-4-8(10)6-9-11-7-12-14(9)3/h7-8H,4-6,10H2,1-3H3. The van der Waals surface area contributed by atoms with E-state index in [-0.39, 0.29) is 6.04 Å². The van der Waals surface area contributed by atoms with Gasteiger partial charge in [0.2, 0.25) is 0 Å². The first-order chi connectivity index (χ1) is 6.59. The van der Waals surface area contributed by atoms with Gasteiger partial charge in [0.1, 0.15) is 12.2 Å². The van der Waals surface area contributed by atoms with Crippen LogP contribution in [-0.2, 0) is 13.5 Å². The summed E-state index contributed by atoms with van der Waals surface area (Å²) in [6.07, 6.45) is 3.35. The van der Waals surface area contributed by atoms with E-state index < -0.39 is 0 Å². The maximum Gasteiger partial charge on any atom is 0.138 e. The highest BCUT2D eigenvalue weighted by Crippen LogP contribution is 1.99. The van der Waals surface area contributed by atoms with Crippen LogP contribution in [0.1, 0.15) is 12.2 Å². The first-order valence-electron chi connectivity index (χ1n) is 4.82. The van der Waals surface area contributed by atoms with E-state index in [1.165, 1.54) is 0 Å². The topological polar surface area (TPSA) is 60.0 Å². The highest BCUT2D eigenvalue weighted by Gasteiger charge is 2.08. The van der Waals surface area contributed by atoms with Crippen molar-refractivity contribution in [2.24, 2.45) is 12.8 Å². The molecule has 2 N–H and O–H groups in total. The third-order valence-electron chi connectivity index (χ3n) is 2.20. The average Bonchev–Trinajstić information content (AvgIpc) is 2.49. The lowest BCUT2D eigenvalue weighted by Crippen LogP contribution is -2.29. The van der Waals surface area contributed by atoms with Crippen LogP contribution in [-0.4, -0.2) is 46.3 Å². The molecule has 0 aromatic carbocycles. The fourth-order valence-electron chi connectivity index (χ4n) is 1.27.